The Morgan fingerprint density at radius 1 is 0.536 bits per heavy atom. The van der Waals surface area contributed by atoms with E-state index in [0.29, 0.717) is 0 Å². The Hall–Kier alpha value is -3.78. The van der Waals surface area contributed by atoms with Crippen LogP contribution in [0.1, 0.15) is 0 Å². The molecule has 2 heteroatoms. The van der Waals surface area contributed by atoms with E-state index >= 15 is 0 Å². The van der Waals surface area contributed by atoms with Crippen LogP contribution in [0.2, 0.25) is 0 Å². The van der Waals surface area contributed by atoms with Crippen molar-refractivity contribution < 1.29 is 0 Å². The maximum atomic E-state index is 4.84. The summed E-state index contributed by atoms with van der Waals surface area (Å²) in [4.78, 5) is 9.66. The van der Waals surface area contributed by atoms with Gasteiger partial charge in [-0.05, 0) is 41.5 Å². The predicted molar refractivity (Wildman–Crippen MR) is 116 cm³/mol. The van der Waals surface area contributed by atoms with E-state index < -0.39 is 0 Å². The maximum Gasteiger partial charge on any atom is 0.0795 e. The fourth-order valence-corrected chi connectivity index (χ4v) is 3.89. The first-order valence-corrected chi connectivity index (χ1v) is 9.36. The molecule has 4 aromatic carbocycles. The van der Waals surface area contributed by atoms with Gasteiger partial charge in [-0.3, -0.25) is 0 Å². The van der Waals surface area contributed by atoms with Crippen LogP contribution in [0.25, 0.3) is 54.7 Å². The topological polar surface area (TPSA) is 25.8 Å². The first-order chi connectivity index (χ1) is 13.8. The van der Waals surface area contributed by atoms with Crippen LogP contribution in [0.15, 0.2) is 91.0 Å². The van der Waals surface area contributed by atoms with Crippen molar-refractivity contribution in [3.05, 3.63) is 97.1 Å². The van der Waals surface area contributed by atoms with Gasteiger partial charge in [-0.2, -0.15) is 0 Å². The average molecular weight is 355 g/mol. The highest BCUT2D eigenvalue weighted by Gasteiger charge is 2.09. The molecular weight excluding hydrogens is 340 g/mol. The highest BCUT2D eigenvalue weighted by atomic mass is 14.7. The smallest absolute Gasteiger partial charge is 0.0795 e. The molecule has 129 valence electrons. The number of para-hydroxylation sites is 2. The number of fused-ring (bicyclic) bond motifs is 4. The number of aromatic nitrogens is 2. The van der Waals surface area contributed by atoms with Gasteiger partial charge in [-0.15, -0.1) is 0 Å². The Morgan fingerprint density at radius 2 is 1.25 bits per heavy atom. The molecule has 2 aromatic heterocycles. The summed E-state index contributed by atoms with van der Waals surface area (Å²) in [7, 11) is 0. The van der Waals surface area contributed by atoms with Crippen LogP contribution >= 0.6 is 0 Å². The van der Waals surface area contributed by atoms with Crippen molar-refractivity contribution in [2.75, 3.05) is 0 Å². The van der Waals surface area contributed by atoms with Gasteiger partial charge < -0.3 is 0 Å². The zero-order valence-corrected chi connectivity index (χ0v) is 15.1. The van der Waals surface area contributed by atoms with E-state index in [-0.39, 0.29) is 0 Å². The minimum absolute atomic E-state index is 0.891. The molecule has 0 N–H and O–H groups in total. The Morgan fingerprint density at radius 3 is 2.11 bits per heavy atom. The second-order valence-electron chi connectivity index (χ2n) is 7.04. The molecule has 0 saturated heterocycles. The lowest BCUT2D eigenvalue weighted by molar-refractivity contribution is 1.48. The van der Waals surface area contributed by atoms with Gasteiger partial charge in [0.05, 0.1) is 22.1 Å². The molecule has 6 aromatic rings. The lowest BCUT2D eigenvalue weighted by Gasteiger charge is -2.09. The van der Waals surface area contributed by atoms with Gasteiger partial charge in [-0.25, -0.2) is 9.97 Å². The molecule has 0 aliphatic carbocycles. The maximum absolute atomic E-state index is 4.84. The molecule has 1 radical (unpaired) electrons. The molecule has 6 rings (SSSR count). The number of benzene rings is 4. The van der Waals surface area contributed by atoms with Gasteiger partial charge in [0.25, 0.3) is 0 Å². The second-order valence-corrected chi connectivity index (χ2v) is 7.04. The quantitative estimate of drug-likeness (QED) is 0.312. The number of nitrogens with zero attached hydrogens (tertiary/aromatic N) is 2. The molecule has 2 heterocycles. The number of hydrogen-bond donors (Lipinski definition) is 0. The molecule has 0 bridgehead atoms. The summed E-state index contributed by atoms with van der Waals surface area (Å²) in [6, 6.07) is 34.9. The summed E-state index contributed by atoms with van der Waals surface area (Å²) in [6.45, 7) is 0. The van der Waals surface area contributed by atoms with Crippen LogP contribution in [-0.4, -0.2) is 9.97 Å². The third kappa shape index (κ3) is 2.35. The Bertz CT molecular complexity index is 1520. The standard InChI is InChI=1S/C26H15N2/c1-3-9-23-18(6-1)14-20-13-12-17(16-26(20)28-23)21-8-5-11-25-22(21)15-19-7-2-4-10-24(19)27-25/h1-15H. The summed E-state index contributed by atoms with van der Waals surface area (Å²) in [5.74, 6) is 0. The molecule has 0 fully saturated rings. The number of pyridine rings is 2. The molecule has 0 aliphatic heterocycles. The van der Waals surface area contributed by atoms with E-state index in [1.165, 1.54) is 0 Å². The van der Waals surface area contributed by atoms with Crippen LogP contribution in [-0.2, 0) is 0 Å². The first kappa shape index (κ1) is 15.3. The Balaban J connectivity index is 1.62. The summed E-state index contributed by atoms with van der Waals surface area (Å²) < 4.78 is 0. The number of hydrogen-bond acceptors (Lipinski definition) is 2. The highest BCUT2D eigenvalue weighted by molar-refractivity contribution is 6.02. The SMILES string of the molecule is [c]1c(-c2cccc3nc4ccccc4cc23)ccc2cc3ccccc3nc12. The molecule has 0 aliphatic rings. The average Bonchev–Trinajstić information content (AvgIpc) is 2.75. The van der Waals surface area contributed by atoms with E-state index in [1.54, 1.807) is 0 Å². The molecule has 2 nitrogen and oxygen atoms in total. The summed E-state index contributed by atoms with van der Waals surface area (Å²) in [6.07, 6.45) is 0. The van der Waals surface area contributed by atoms with E-state index in [9.17, 15) is 0 Å². The lowest BCUT2D eigenvalue weighted by atomic mass is 9.98. The largest absolute Gasteiger partial charge is 0.248 e. The van der Waals surface area contributed by atoms with E-state index in [1.807, 2.05) is 24.3 Å². The van der Waals surface area contributed by atoms with Gasteiger partial charge in [0.15, 0.2) is 0 Å². The molecule has 0 amide bonds. The molecule has 0 spiro atoms. The van der Waals surface area contributed by atoms with Gasteiger partial charge in [0.1, 0.15) is 0 Å². The van der Waals surface area contributed by atoms with Crippen molar-refractivity contribution >= 4 is 43.6 Å². The van der Waals surface area contributed by atoms with E-state index in [0.717, 1.165) is 54.7 Å². The fourth-order valence-electron chi connectivity index (χ4n) is 3.89. The Labute approximate surface area is 162 Å². The molecule has 28 heavy (non-hydrogen) atoms. The summed E-state index contributed by atoms with van der Waals surface area (Å²) in [5.41, 5.74) is 6.07. The van der Waals surface area contributed by atoms with Gasteiger partial charge in [-0.1, -0.05) is 60.7 Å². The van der Waals surface area contributed by atoms with Crippen molar-refractivity contribution in [2.24, 2.45) is 0 Å². The molecule has 0 saturated carbocycles. The minimum atomic E-state index is 0.891. The molecule has 0 unspecified atom stereocenters. The monoisotopic (exact) mass is 355 g/mol. The molecule has 0 atom stereocenters. The Kier molecular flexibility index (Phi) is 3.20. The van der Waals surface area contributed by atoms with Crippen LogP contribution in [0.5, 0.6) is 0 Å². The first-order valence-electron chi connectivity index (χ1n) is 9.36. The zero-order chi connectivity index (χ0) is 18.5. The van der Waals surface area contributed by atoms with Crippen molar-refractivity contribution in [3.8, 4) is 11.1 Å². The van der Waals surface area contributed by atoms with Crippen molar-refractivity contribution in [1.82, 2.24) is 9.97 Å². The van der Waals surface area contributed by atoms with Crippen LogP contribution in [0.3, 0.4) is 0 Å². The summed E-state index contributed by atoms with van der Waals surface area (Å²) >= 11 is 0. The van der Waals surface area contributed by atoms with Crippen LogP contribution in [0.4, 0.5) is 0 Å². The minimum Gasteiger partial charge on any atom is -0.248 e. The third-order valence-corrected chi connectivity index (χ3v) is 5.29. The highest BCUT2D eigenvalue weighted by Crippen LogP contribution is 2.32. The van der Waals surface area contributed by atoms with E-state index in [4.69, 9.17) is 9.97 Å². The van der Waals surface area contributed by atoms with Crippen LogP contribution in [0, 0.1) is 6.07 Å². The fraction of sp³-hybridized carbons (Fsp3) is 0. The van der Waals surface area contributed by atoms with Gasteiger partial charge in [0, 0.05) is 27.6 Å². The van der Waals surface area contributed by atoms with Gasteiger partial charge in [0.2, 0.25) is 0 Å². The van der Waals surface area contributed by atoms with Crippen molar-refractivity contribution in [2.45, 2.75) is 0 Å². The zero-order valence-electron chi connectivity index (χ0n) is 15.1. The lowest BCUT2D eigenvalue weighted by Crippen LogP contribution is -1.88. The van der Waals surface area contributed by atoms with Gasteiger partial charge >= 0.3 is 0 Å². The van der Waals surface area contributed by atoms with E-state index in [2.05, 4.69) is 72.8 Å². The van der Waals surface area contributed by atoms with Crippen molar-refractivity contribution in [1.29, 1.82) is 0 Å². The second kappa shape index (κ2) is 5.86. The number of rotatable bonds is 1. The van der Waals surface area contributed by atoms with Crippen molar-refractivity contribution in [3.63, 3.8) is 0 Å². The normalized spacial score (nSPS) is 11.6. The van der Waals surface area contributed by atoms with Crippen LogP contribution < -0.4 is 0 Å². The molecular formula is C26H15N2. The third-order valence-electron chi connectivity index (χ3n) is 5.29. The summed E-state index contributed by atoms with van der Waals surface area (Å²) in [5, 5.41) is 4.54. The predicted octanol–water partition coefficient (Wildman–Crippen LogP) is 6.56.